The number of hydrogen-bond donors (Lipinski definition) is 0. The summed E-state index contributed by atoms with van der Waals surface area (Å²) >= 11 is 1.74. The molecule has 29 heavy (non-hydrogen) atoms. The van der Waals surface area contributed by atoms with Crippen LogP contribution in [0.4, 0.5) is 13.2 Å². The van der Waals surface area contributed by atoms with Gasteiger partial charge in [-0.05, 0) is 44.6 Å². The lowest BCUT2D eigenvalue weighted by Gasteiger charge is -2.32. The molecular weight excluding hydrogens is 403 g/mol. The lowest BCUT2D eigenvalue weighted by atomic mass is 9.98. The molecule has 2 aromatic rings. The maximum absolute atomic E-state index is 12.9. The molecule has 156 valence electrons. The van der Waals surface area contributed by atoms with Crippen LogP contribution in [0.3, 0.4) is 0 Å². The Kier molecular flexibility index (Phi) is 5.50. The topological polar surface area (TPSA) is 55.2 Å². The van der Waals surface area contributed by atoms with Crippen LogP contribution >= 0.6 is 11.3 Å². The number of likely N-dealkylation sites (tertiary alicyclic amines) is 1. The van der Waals surface area contributed by atoms with Crippen molar-refractivity contribution in [1.29, 1.82) is 0 Å². The third-order valence-corrected chi connectivity index (χ3v) is 6.92. The molecule has 9 heteroatoms. The second-order valence-electron chi connectivity index (χ2n) is 7.69. The van der Waals surface area contributed by atoms with Crippen molar-refractivity contribution in [2.24, 2.45) is 0 Å². The van der Waals surface area contributed by atoms with E-state index in [1.807, 2.05) is 0 Å². The second-order valence-corrected chi connectivity index (χ2v) is 8.80. The minimum atomic E-state index is -4.56. The molecule has 0 saturated carbocycles. The van der Waals surface area contributed by atoms with E-state index in [0.29, 0.717) is 13.1 Å². The first-order chi connectivity index (χ1) is 13.8. The van der Waals surface area contributed by atoms with Gasteiger partial charge in [-0.25, -0.2) is 4.98 Å². The molecule has 1 amide bonds. The number of amides is 1. The van der Waals surface area contributed by atoms with E-state index in [1.54, 1.807) is 16.2 Å². The van der Waals surface area contributed by atoms with Crippen LogP contribution in [0.5, 0.6) is 0 Å². The lowest BCUT2D eigenvalue weighted by molar-refractivity contribution is -0.139. The number of rotatable bonds is 3. The Hall–Kier alpha value is -2.16. The maximum atomic E-state index is 12.9. The van der Waals surface area contributed by atoms with E-state index in [2.05, 4.69) is 0 Å². The van der Waals surface area contributed by atoms with Gasteiger partial charge >= 0.3 is 6.18 Å². The molecule has 0 bridgehead atoms. The monoisotopic (exact) mass is 425 g/mol. The fourth-order valence-electron chi connectivity index (χ4n) is 4.02. The molecule has 4 rings (SSSR count). The maximum Gasteiger partial charge on any atom is 0.417 e. The molecule has 1 atom stereocenters. The van der Waals surface area contributed by atoms with Crippen molar-refractivity contribution in [2.75, 3.05) is 13.1 Å². The van der Waals surface area contributed by atoms with Gasteiger partial charge in [0.05, 0.1) is 16.3 Å². The zero-order valence-electron chi connectivity index (χ0n) is 15.9. The Morgan fingerprint density at radius 1 is 1.21 bits per heavy atom. The summed E-state index contributed by atoms with van der Waals surface area (Å²) in [5, 5.41) is 1.06. The van der Waals surface area contributed by atoms with Gasteiger partial charge in [-0.1, -0.05) is 0 Å². The van der Waals surface area contributed by atoms with Crippen molar-refractivity contribution < 1.29 is 18.0 Å². The van der Waals surface area contributed by atoms with Crippen LogP contribution in [0.25, 0.3) is 0 Å². The summed E-state index contributed by atoms with van der Waals surface area (Å²) in [4.78, 5) is 32.5. The van der Waals surface area contributed by atoms with Crippen molar-refractivity contribution >= 4 is 17.2 Å². The molecule has 1 unspecified atom stereocenters. The fraction of sp³-hybridized carbons (Fsp3) is 0.550. The summed E-state index contributed by atoms with van der Waals surface area (Å²) in [7, 11) is 0. The van der Waals surface area contributed by atoms with E-state index in [4.69, 9.17) is 4.98 Å². The number of fused-ring (bicyclic) bond motifs is 1. The SMILES string of the molecule is O=C(Cn1cc(C(F)(F)F)ccc1=O)N1CCCC(c2nc3c(s2)CCCC3)C1. The third-order valence-electron chi connectivity index (χ3n) is 5.60. The van der Waals surface area contributed by atoms with Crippen LogP contribution in [-0.4, -0.2) is 33.4 Å². The molecule has 5 nitrogen and oxygen atoms in total. The summed E-state index contributed by atoms with van der Waals surface area (Å²) in [6, 6.07) is 1.60. The molecule has 1 aliphatic heterocycles. The highest BCUT2D eigenvalue weighted by Crippen LogP contribution is 2.34. The van der Waals surface area contributed by atoms with Gasteiger partial charge in [-0.15, -0.1) is 11.3 Å². The van der Waals surface area contributed by atoms with E-state index in [0.717, 1.165) is 60.0 Å². The Bertz CT molecular complexity index is 943. The number of piperidine rings is 1. The molecule has 1 fully saturated rings. The van der Waals surface area contributed by atoms with Gasteiger partial charge in [-0.3, -0.25) is 9.59 Å². The van der Waals surface area contributed by atoms with Crippen molar-refractivity contribution in [3.8, 4) is 0 Å². The predicted octanol–water partition coefficient (Wildman–Crippen LogP) is 3.61. The second kappa shape index (κ2) is 7.93. The van der Waals surface area contributed by atoms with E-state index in [-0.39, 0.29) is 18.4 Å². The lowest BCUT2D eigenvalue weighted by Crippen LogP contribution is -2.42. The number of aromatic nitrogens is 2. The number of pyridine rings is 1. The highest BCUT2D eigenvalue weighted by Gasteiger charge is 2.32. The summed E-state index contributed by atoms with van der Waals surface area (Å²) < 4.78 is 39.6. The minimum Gasteiger partial charge on any atom is -0.340 e. The standard InChI is InChI=1S/C20H22F3N3O2S/c21-20(22,23)14-7-8-17(27)26(11-14)12-18(28)25-9-3-4-13(10-25)19-24-15-5-1-2-6-16(15)29-19/h7-8,11,13H,1-6,9-10,12H2. The summed E-state index contributed by atoms with van der Waals surface area (Å²) in [6.45, 7) is 0.664. The van der Waals surface area contributed by atoms with Gasteiger partial charge in [-0.2, -0.15) is 13.2 Å². The third kappa shape index (κ3) is 4.39. The number of carbonyl (C=O) groups excluding carboxylic acids is 1. The highest BCUT2D eigenvalue weighted by molar-refractivity contribution is 7.11. The molecule has 0 spiro atoms. The Balaban J connectivity index is 1.47. The molecule has 0 aromatic carbocycles. The van der Waals surface area contributed by atoms with Crippen molar-refractivity contribution in [3.05, 3.63) is 49.8 Å². The number of aryl methyl sites for hydroxylation is 2. The number of alkyl halides is 3. The molecule has 2 aliphatic rings. The van der Waals surface area contributed by atoms with Crippen LogP contribution in [0.2, 0.25) is 0 Å². The first-order valence-corrected chi connectivity index (χ1v) is 10.7. The van der Waals surface area contributed by atoms with E-state index >= 15 is 0 Å². The first-order valence-electron chi connectivity index (χ1n) is 9.85. The van der Waals surface area contributed by atoms with Gasteiger partial charge in [0.1, 0.15) is 6.54 Å². The molecular formula is C20H22F3N3O2S. The average Bonchev–Trinajstić information content (AvgIpc) is 3.13. The summed E-state index contributed by atoms with van der Waals surface area (Å²) in [5.41, 5.74) is -0.363. The number of thiazole rings is 1. The van der Waals surface area contributed by atoms with Crippen LogP contribution in [-0.2, 0) is 30.4 Å². The average molecular weight is 425 g/mol. The van der Waals surface area contributed by atoms with Gasteiger partial charge in [0.15, 0.2) is 0 Å². The fourth-order valence-corrected chi connectivity index (χ4v) is 5.30. The van der Waals surface area contributed by atoms with Crippen LogP contribution < -0.4 is 5.56 Å². The van der Waals surface area contributed by atoms with Gasteiger partial charge in [0, 0.05) is 36.1 Å². The van der Waals surface area contributed by atoms with Crippen molar-refractivity contribution in [3.63, 3.8) is 0 Å². The van der Waals surface area contributed by atoms with Gasteiger partial charge in [0.25, 0.3) is 5.56 Å². The highest BCUT2D eigenvalue weighted by atomic mass is 32.1. The normalized spacial score (nSPS) is 19.8. The number of nitrogens with zero attached hydrogens (tertiary/aromatic N) is 3. The Labute approximate surface area is 170 Å². The van der Waals surface area contributed by atoms with Crippen LogP contribution in [0, 0.1) is 0 Å². The molecule has 3 heterocycles. The van der Waals surface area contributed by atoms with Gasteiger partial charge in [0.2, 0.25) is 5.91 Å². The smallest absolute Gasteiger partial charge is 0.340 e. The molecule has 0 radical (unpaired) electrons. The van der Waals surface area contributed by atoms with Gasteiger partial charge < -0.3 is 9.47 Å². The first kappa shape index (κ1) is 20.1. The quantitative estimate of drug-likeness (QED) is 0.755. The number of hydrogen-bond acceptors (Lipinski definition) is 4. The Morgan fingerprint density at radius 3 is 2.76 bits per heavy atom. The van der Waals surface area contributed by atoms with E-state index < -0.39 is 17.3 Å². The van der Waals surface area contributed by atoms with Crippen molar-refractivity contribution in [1.82, 2.24) is 14.5 Å². The Morgan fingerprint density at radius 2 is 2.00 bits per heavy atom. The minimum absolute atomic E-state index is 0.154. The van der Waals surface area contributed by atoms with Crippen LogP contribution in [0.15, 0.2) is 23.1 Å². The van der Waals surface area contributed by atoms with E-state index in [9.17, 15) is 22.8 Å². The van der Waals surface area contributed by atoms with E-state index in [1.165, 1.54) is 17.0 Å². The van der Waals surface area contributed by atoms with Crippen LogP contribution in [0.1, 0.15) is 52.7 Å². The molecule has 1 aliphatic carbocycles. The number of halogens is 3. The molecule has 2 aromatic heterocycles. The zero-order chi connectivity index (χ0) is 20.6. The zero-order valence-corrected chi connectivity index (χ0v) is 16.7. The predicted molar refractivity (Wildman–Crippen MR) is 103 cm³/mol. The van der Waals surface area contributed by atoms with Crippen molar-refractivity contribution in [2.45, 2.75) is 57.2 Å². The summed E-state index contributed by atoms with van der Waals surface area (Å²) in [5.74, 6) is -0.182. The number of carbonyl (C=O) groups is 1. The molecule has 1 saturated heterocycles. The molecule has 0 N–H and O–H groups in total. The summed E-state index contributed by atoms with van der Waals surface area (Å²) in [6.07, 6.45) is 2.36. The largest absolute Gasteiger partial charge is 0.417 e.